The fourth-order valence-corrected chi connectivity index (χ4v) is 5.54. The van der Waals surface area contributed by atoms with Gasteiger partial charge in [0, 0.05) is 47.2 Å². The van der Waals surface area contributed by atoms with Gasteiger partial charge >= 0.3 is 0 Å². The highest BCUT2D eigenvalue weighted by Crippen LogP contribution is 2.29. The van der Waals surface area contributed by atoms with Gasteiger partial charge in [-0.25, -0.2) is 19.9 Å². The van der Waals surface area contributed by atoms with E-state index in [0.717, 1.165) is 27.1 Å². The number of rotatable bonds is 10. The second-order valence-electron chi connectivity index (χ2n) is 12.0. The van der Waals surface area contributed by atoms with E-state index >= 15 is 0 Å². The maximum atomic E-state index is 13.2. The monoisotopic (exact) mass is 636 g/mol. The number of aromatic nitrogens is 4. The number of aliphatic hydroxyl groups excluding tert-OH is 1. The minimum atomic E-state index is -1.74. The van der Waals surface area contributed by atoms with E-state index in [0.29, 0.717) is 22.1 Å². The normalized spacial score (nSPS) is 12.8. The Hall–Kier alpha value is -4.84. The van der Waals surface area contributed by atoms with Crippen LogP contribution in [0.5, 0.6) is 0 Å². The average molecular weight is 637 g/mol. The molecule has 236 valence electrons. The van der Waals surface area contributed by atoms with E-state index in [1.165, 1.54) is 18.3 Å². The molecule has 0 aliphatic rings. The standard InChI is InChI=1S/C35H36N6O4S/c1-21(34(44)45)40-32(42)27(41-33(43)28-14-15-29(46-28)35(2,3)4)16-22-10-12-24(13-11-22)30-38-19-26(20-39-30)31-36-17-25(18-37-31)23-8-6-5-7-9-23/h5-15,17-21,27,34,44-45H,16H2,1-4H3,(H,40,42)(H,41,43)/t21-,27+/m1/s1. The van der Waals surface area contributed by atoms with E-state index in [4.69, 9.17) is 0 Å². The van der Waals surface area contributed by atoms with Gasteiger partial charge in [-0.2, -0.15) is 0 Å². The summed E-state index contributed by atoms with van der Waals surface area (Å²) in [6.45, 7) is 7.68. The molecule has 2 amide bonds. The number of hydrogen-bond donors (Lipinski definition) is 4. The zero-order valence-corrected chi connectivity index (χ0v) is 26.8. The Morgan fingerprint density at radius 1 is 0.739 bits per heavy atom. The number of hydrogen-bond acceptors (Lipinski definition) is 9. The molecule has 2 aromatic carbocycles. The van der Waals surface area contributed by atoms with Crippen LogP contribution in [0.2, 0.25) is 0 Å². The molecular weight excluding hydrogens is 600 g/mol. The van der Waals surface area contributed by atoms with Crippen molar-refractivity contribution in [3.05, 3.63) is 107 Å². The fourth-order valence-electron chi connectivity index (χ4n) is 4.58. The summed E-state index contributed by atoms with van der Waals surface area (Å²) in [7, 11) is 0. The van der Waals surface area contributed by atoms with Crippen LogP contribution in [-0.4, -0.2) is 60.3 Å². The summed E-state index contributed by atoms with van der Waals surface area (Å²) in [5.41, 5.74) is 4.09. The van der Waals surface area contributed by atoms with Crippen molar-refractivity contribution in [1.82, 2.24) is 30.6 Å². The minimum absolute atomic E-state index is 0.111. The van der Waals surface area contributed by atoms with Crippen molar-refractivity contribution >= 4 is 23.2 Å². The van der Waals surface area contributed by atoms with Crippen LogP contribution in [0, 0.1) is 0 Å². The lowest BCUT2D eigenvalue weighted by atomic mass is 9.95. The third-order valence-electron chi connectivity index (χ3n) is 7.33. The molecule has 11 heteroatoms. The maximum Gasteiger partial charge on any atom is 0.262 e. The van der Waals surface area contributed by atoms with Crippen LogP contribution in [0.15, 0.2) is 91.5 Å². The van der Waals surface area contributed by atoms with Gasteiger partial charge in [0.25, 0.3) is 5.91 Å². The van der Waals surface area contributed by atoms with Crippen LogP contribution in [0.25, 0.3) is 33.9 Å². The molecule has 3 heterocycles. The van der Waals surface area contributed by atoms with Crippen molar-refractivity contribution in [2.75, 3.05) is 0 Å². The molecular formula is C35H36N6O4S. The molecule has 0 spiro atoms. The molecule has 0 fully saturated rings. The van der Waals surface area contributed by atoms with Crippen LogP contribution >= 0.6 is 11.3 Å². The molecule has 0 saturated heterocycles. The van der Waals surface area contributed by atoms with Gasteiger partial charge in [0.2, 0.25) is 5.91 Å². The highest BCUT2D eigenvalue weighted by Gasteiger charge is 2.26. The van der Waals surface area contributed by atoms with Gasteiger partial charge in [0.1, 0.15) is 6.04 Å². The Morgan fingerprint density at radius 3 is 1.89 bits per heavy atom. The zero-order chi connectivity index (χ0) is 32.8. The number of benzene rings is 2. The summed E-state index contributed by atoms with van der Waals surface area (Å²) in [5.74, 6) is 0.135. The summed E-state index contributed by atoms with van der Waals surface area (Å²) < 4.78 is 0. The smallest absolute Gasteiger partial charge is 0.262 e. The van der Waals surface area contributed by atoms with Crippen LogP contribution < -0.4 is 10.6 Å². The number of carbonyl (C=O) groups excluding carboxylic acids is 2. The van der Waals surface area contributed by atoms with Crippen LogP contribution in [0.1, 0.15) is 47.8 Å². The number of thiophene rings is 1. The van der Waals surface area contributed by atoms with Crippen molar-refractivity contribution in [2.45, 2.75) is 57.9 Å². The van der Waals surface area contributed by atoms with Crippen LogP contribution in [0.4, 0.5) is 0 Å². The molecule has 5 aromatic rings. The highest BCUT2D eigenvalue weighted by molar-refractivity contribution is 7.14. The van der Waals surface area contributed by atoms with Gasteiger partial charge in [-0.05, 0) is 35.6 Å². The number of aliphatic hydroxyl groups is 2. The number of amides is 2. The van der Waals surface area contributed by atoms with E-state index in [2.05, 4.69) is 51.3 Å². The highest BCUT2D eigenvalue weighted by atomic mass is 32.1. The lowest BCUT2D eigenvalue weighted by molar-refractivity contribution is -0.128. The minimum Gasteiger partial charge on any atom is -0.366 e. The summed E-state index contributed by atoms with van der Waals surface area (Å²) in [6.07, 6.45) is 5.34. The second kappa shape index (κ2) is 14.1. The first-order chi connectivity index (χ1) is 22.0. The van der Waals surface area contributed by atoms with Gasteiger partial charge in [-0.15, -0.1) is 11.3 Å². The number of nitrogens with zero attached hydrogens (tertiary/aromatic N) is 4. The SMILES string of the molecule is C[C@@H](NC(=O)[C@H](Cc1ccc(-c2ncc(-c3ncc(-c4ccccc4)cn3)cn2)cc1)NC(=O)c1ccc(C(C)(C)C)s1)C(O)O. The van der Waals surface area contributed by atoms with Crippen molar-refractivity contribution in [1.29, 1.82) is 0 Å². The number of nitrogens with one attached hydrogen (secondary N) is 2. The predicted molar refractivity (Wildman–Crippen MR) is 178 cm³/mol. The average Bonchev–Trinajstić information content (AvgIpc) is 3.57. The molecule has 0 saturated carbocycles. The first kappa shape index (κ1) is 32.6. The van der Waals surface area contributed by atoms with Gasteiger partial charge in [-0.1, -0.05) is 75.4 Å². The molecule has 46 heavy (non-hydrogen) atoms. The molecule has 3 aromatic heterocycles. The van der Waals surface area contributed by atoms with Crippen LogP contribution in [-0.2, 0) is 16.6 Å². The van der Waals surface area contributed by atoms with Crippen LogP contribution in [0.3, 0.4) is 0 Å². The topological polar surface area (TPSA) is 150 Å². The van der Waals surface area contributed by atoms with E-state index in [1.807, 2.05) is 60.7 Å². The van der Waals surface area contributed by atoms with E-state index < -0.39 is 24.3 Å². The van der Waals surface area contributed by atoms with Gasteiger partial charge in [-0.3, -0.25) is 9.59 Å². The zero-order valence-electron chi connectivity index (χ0n) is 26.0. The van der Waals surface area contributed by atoms with E-state index in [1.54, 1.807) is 30.9 Å². The largest absolute Gasteiger partial charge is 0.366 e. The summed E-state index contributed by atoms with van der Waals surface area (Å²) in [5, 5.41) is 24.4. The Kier molecular flexibility index (Phi) is 9.96. The Morgan fingerprint density at radius 2 is 1.33 bits per heavy atom. The quantitative estimate of drug-likeness (QED) is 0.160. The van der Waals surface area contributed by atoms with Crippen molar-refractivity contribution in [3.8, 4) is 33.9 Å². The predicted octanol–water partition coefficient (Wildman–Crippen LogP) is 4.78. The molecule has 0 bridgehead atoms. The van der Waals surface area contributed by atoms with Gasteiger partial charge in [0.15, 0.2) is 17.9 Å². The molecule has 0 aliphatic heterocycles. The lowest BCUT2D eigenvalue weighted by Gasteiger charge is -2.22. The molecule has 2 atom stereocenters. The molecule has 0 radical (unpaired) electrons. The molecule has 5 rings (SSSR count). The third kappa shape index (κ3) is 8.05. The van der Waals surface area contributed by atoms with Crippen molar-refractivity contribution in [2.24, 2.45) is 0 Å². The first-order valence-corrected chi connectivity index (χ1v) is 15.7. The van der Waals surface area contributed by atoms with E-state index in [-0.39, 0.29) is 17.7 Å². The Balaban J connectivity index is 1.28. The fraction of sp³-hybridized carbons (Fsp3) is 0.257. The van der Waals surface area contributed by atoms with Gasteiger partial charge < -0.3 is 20.8 Å². The molecule has 10 nitrogen and oxygen atoms in total. The summed E-state index contributed by atoms with van der Waals surface area (Å²) >= 11 is 1.38. The van der Waals surface area contributed by atoms with E-state index in [9.17, 15) is 19.8 Å². The Bertz CT molecular complexity index is 1770. The number of carbonyl (C=O) groups is 2. The summed E-state index contributed by atoms with van der Waals surface area (Å²) in [6, 6.07) is 19.1. The van der Waals surface area contributed by atoms with Gasteiger partial charge in [0.05, 0.1) is 16.5 Å². The van der Waals surface area contributed by atoms with Crippen molar-refractivity contribution < 1.29 is 19.8 Å². The molecule has 0 aliphatic carbocycles. The lowest BCUT2D eigenvalue weighted by Crippen LogP contribution is -2.52. The van der Waals surface area contributed by atoms with Crippen molar-refractivity contribution in [3.63, 3.8) is 0 Å². The summed E-state index contributed by atoms with van der Waals surface area (Å²) in [4.78, 5) is 45.8. The first-order valence-electron chi connectivity index (χ1n) is 14.8. The molecule has 0 unspecified atom stereocenters. The second-order valence-corrected chi connectivity index (χ2v) is 13.1. The maximum absolute atomic E-state index is 13.2. The third-order valence-corrected chi connectivity index (χ3v) is 8.84. The molecule has 4 N–H and O–H groups in total. The Labute approximate surface area is 271 Å².